The number of azide groups is 1. The summed E-state index contributed by atoms with van der Waals surface area (Å²) in [5, 5.41) is 2.90. The van der Waals surface area contributed by atoms with Crippen LogP contribution < -0.4 is 0 Å². The van der Waals surface area contributed by atoms with Gasteiger partial charge in [-0.3, -0.25) is 4.55 Å². The first-order valence-corrected chi connectivity index (χ1v) is 3.63. The Labute approximate surface area is 51.9 Å². The minimum atomic E-state index is -3.96. The third-order valence-corrected chi connectivity index (χ3v) is 1.21. The van der Waals surface area contributed by atoms with Gasteiger partial charge in [-0.05, 0) is 5.53 Å². The molecular formula is C2H5N3O3S. The standard InChI is InChI=1S/C2H5N3O3S/c3-5-4-1-2-9(6,7)8/h1-2H2,(H,6,7,8). The number of hydrogen-bond donors (Lipinski definition) is 1. The van der Waals surface area contributed by atoms with Crippen LogP contribution in [0.2, 0.25) is 0 Å². The fraction of sp³-hybridized carbons (Fsp3) is 1.00. The smallest absolute Gasteiger partial charge is 0.264 e. The van der Waals surface area contributed by atoms with E-state index in [0.717, 1.165) is 0 Å². The van der Waals surface area contributed by atoms with Crippen molar-refractivity contribution in [1.82, 2.24) is 0 Å². The Morgan fingerprint density at radius 2 is 2.22 bits per heavy atom. The fourth-order valence-electron chi connectivity index (χ4n) is 0.201. The average Bonchev–Trinajstić information content (AvgIpc) is 1.63. The highest BCUT2D eigenvalue weighted by Gasteiger charge is 2.00. The molecule has 0 saturated carbocycles. The van der Waals surface area contributed by atoms with E-state index >= 15 is 0 Å². The lowest BCUT2D eigenvalue weighted by atomic mass is 10.8. The Hall–Kier alpha value is -0.780. The van der Waals surface area contributed by atoms with Gasteiger partial charge in [0.1, 0.15) is 0 Å². The van der Waals surface area contributed by atoms with E-state index < -0.39 is 15.9 Å². The lowest BCUT2D eigenvalue weighted by Crippen LogP contribution is -2.05. The normalized spacial score (nSPS) is 10.3. The van der Waals surface area contributed by atoms with Crippen molar-refractivity contribution in [3.8, 4) is 0 Å². The molecular weight excluding hydrogens is 146 g/mol. The van der Waals surface area contributed by atoms with E-state index in [9.17, 15) is 8.42 Å². The molecule has 0 aromatic carbocycles. The van der Waals surface area contributed by atoms with Crippen LogP contribution in [0.1, 0.15) is 0 Å². The van der Waals surface area contributed by atoms with Crippen molar-refractivity contribution < 1.29 is 13.0 Å². The molecule has 0 aromatic rings. The first-order valence-electron chi connectivity index (χ1n) is 2.02. The van der Waals surface area contributed by atoms with Crippen molar-refractivity contribution in [1.29, 1.82) is 0 Å². The molecule has 0 aromatic heterocycles. The fourth-order valence-corrected chi connectivity index (χ4v) is 0.513. The quantitative estimate of drug-likeness (QED) is 0.269. The molecule has 0 spiro atoms. The van der Waals surface area contributed by atoms with Gasteiger partial charge in [0.05, 0.1) is 5.75 Å². The van der Waals surface area contributed by atoms with Crippen molar-refractivity contribution >= 4 is 10.1 Å². The molecule has 0 atom stereocenters. The summed E-state index contributed by atoms with van der Waals surface area (Å²) in [6, 6.07) is 0. The maximum absolute atomic E-state index is 9.88. The minimum Gasteiger partial charge on any atom is -0.286 e. The molecule has 0 amide bonds. The monoisotopic (exact) mass is 151 g/mol. The Kier molecular flexibility index (Phi) is 3.00. The van der Waals surface area contributed by atoms with Crippen molar-refractivity contribution in [2.75, 3.05) is 12.3 Å². The van der Waals surface area contributed by atoms with Gasteiger partial charge in [-0.1, -0.05) is 5.11 Å². The molecule has 0 radical (unpaired) electrons. The second-order valence-electron chi connectivity index (χ2n) is 1.24. The Morgan fingerprint density at radius 3 is 2.56 bits per heavy atom. The number of hydrogen-bond acceptors (Lipinski definition) is 3. The highest BCUT2D eigenvalue weighted by atomic mass is 32.2. The highest BCUT2D eigenvalue weighted by Crippen LogP contribution is 1.81. The molecule has 0 saturated heterocycles. The molecule has 0 heterocycles. The molecule has 52 valence electrons. The lowest BCUT2D eigenvalue weighted by Gasteiger charge is -1.86. The van der Waals surface area contributed by atoms with Crippen molar-refractivity contribution in [3.05, 3.63) is 10.4 Å². The summed E-state index contributed by atoms with van der Waals surface area (Å²) in [5.74, 6) is -0.517. The summed E-state index contributed by atoms with van der Waals surface area (Å²) in [4.78, 5) is 2.29. The molecule has 0 aliphatic carbocycles. The van der Waals surface area contributed by atoms with Crippen LogP contribution in [0, 0.1) is 0 Å². The molecule has 0 aliphatic heterocycles. The maximum Gasteiger partial charge on any atom is 0.264 e. The van der Waals surface area contributed by atoms with Crippen LogP contribution in [0.25, 0.3) is 10.4 Å². The predicted octanol–water partition coefficient (Wildman–Crippen LogP) is 0.185. The first kappa shape index (κ1) is 8.22. The van der Waals surface area contributed by atoms with E-state index in [2.05, 4.69) is 10.0 Å². The molecule has 0 rings (SSSR count). The zero-order valence-electron chi connectivity index (χ0n) is 4.43. The third kappa shape index (κ3) is 7.22. The lowest BCUT2D eigenvalue weighted by molar-refractivity contribution is 0.483. The van der Waals surface area contributed by atoms with E-state index in [1.54, 1.807) is 0 Å². The van der Waals surface area contributed by atoms with Gasteiger partial charge in [-0.2, -0.15) is 8.42 Å². The van der Waals surface area contributed by atoms with Gasteiger partial charge in [-0.15, -0.1) is 0 Å². The van der Waals surface area contributed by atoms with Gasteiger partial charge in [0.25, 0.3) is 10.1 Å². The molecule has 0 aliphatic rings. The van der Waals surface area contributed by atoms with Crippen molar-refractivity contribution in [2.45, 2.75) is 0 Å². The second-order valence-corrected chi connectivity index (χ2v) is 2.81. The van der Waals surface area contributed by atoms with E-state index in [-0.39, 0.29) is 6.54 Å². The van der Waals surface area contributed by atoms with Crippen molar-refractivity contribution in [2.24, 2.45) is 5.11 Å². The van der Waals surface area contributed by atoms with E-state index in [0.29, 0.717) is 0 Å². The Morgan fingerprint density at radius 1 is 1.67 bits per heavy atom. The number of rotatable bonds is 3. The van der Waals surface area contributed by atoms with Gasteiger partial charge in [0, 0.05) is 11.5 Å². The molecule has 0 unspecified atom stereocenters. The highest BCUT2D eigenvalue weighted by molar-refractivity contribution is 7.85. The van der Waals surface area contributed by atoms with Crippen LogP contribution in [0.4, 0.5) is 0 Å². The Balaban J connectivity index is 3.66. The average molecular weight is 151 g/mol. The van der Waals surface area contributed by atoms with Gasteiger partial charge in [0.2, 0.25) is 0 Å². The first-order chi connectivity index (χ1) is 4.06. The van der Waals surface area contributed by atoms with Gasteiger partial charge in [0.15, 0.2) is 0 Å². The van der Waals surface area contributed by atoms with Crippen LogP contribution in [-0.2, 0) is 10.1 Å². The summed E-state index contributed by atoms with van der Waals surface area (Å²) in [6.07, 6.45) is 0. The minimum absolute atomic E-state index is 0.227. The summed E-state index contributed by atoms with van der Waals surface area (Å²) in [6.45, 7) is -0.227. The molecule has 0 fully saturated rings. The summed E-state index contributed by atoms with van der Waals surface area (Å²) >= 11 is 0. The van der Waals surface area contributed by atoms with E-state index in [4.69, 9.17) is 10.1 Å². The topological polar surface area (TPSA) is 103 Å². The van der Waals surface area contributed by atoms with Gasteiger partial charge >= 0.3 is 0 Å². The van der Waals surface area contributed by atoms with E-state index in [1.807, 2.05) is 0 Å². The van der Waals surface area contributed by atoms with Crippen LogP contribution in [0.5, 0.6) is 0 Å². The predicted molar refractivity (Wildman–Crippen MR) is 30.4 cm³/mol. The van der Waals surface area contributed by atoms with Crippen molar-refractivity contribution in [3.63, 3.8) is 0 Å². The summed E-state index contributed by atoms with van der Waals surface area (Å²) in [5.41, 5.74) is 7.64. The molecule has 9 heavy (non-hydrogen) atoms. The molecule has 7 heteroatoms. The Bertz CT molecular complexity index is 213. The molecule has 0 bridgehead atoms. The second kappa shape index (κ2) is 3.29. The summed E-state index contributed by atoms with van der Waals surface area (Å²) < 4.78 is 27.8. The molecule has 6 nitrogen and oxygen atoms in total. The summed E-state index contributed by atoms with van der Waals surface area (Å²) in [7, 11) is -3.96. The largest absolute Gasteiger partial charge is 0.286 e. The SMILES string of the molecule is [N-]=[N+]=NCCS(=O)(=O)O. The maximum atomic E-state index is 9.88. The number of nitrogens with zero attached hydrogens (tertiary/aromatic N) is 3. The van der Waals surface area contributed by atoms with Crippen LogP contribution >= 0.6 is 0 Å². The zero-order chi connectivity index (χ0) is 7.33. The van der Waals surface area contributed by atoms with E-state index in [1.165, 1.54) is 0 Å². The molecule has 1 N–H and O–H groups in total. The van der Waals surface area contributed by atoms with Crippen LogP contribution in [-0.4, -0.2) is 25.3 Å². The van der Waals surface area contributed by atoms with Crippen LogP contribution in [0.15, 0.2) is 5.11 Å². The van der Waals surface area contributed by atoms with Crippen LogP contribution in [0.3, 0.4) is 0 Å². The van der Waals surface area contributed by atoms with Gasteiger partial charge < -0.3 is 0 Å². The zero-order valence-corrected chi connectivity index (χ0v) is 5.24. The van der Waals surface area contributed by atoms with Gasteiger partial charge in [-0.25, -0.2) is 0 Å². The third-order valence-electron chi connectivity index (χ3n) is 0.512.